The summed E-state index contributed by atoms with van der Waals surface area (Å²) in [5, 5.41) is 2.72. The summed E-state index contributed by atoms with van der Waals surface area (Å²) in [5.74, 6) is 0.462. The second kappa shape index (κ2) is 10.2. The standard InChI is InChI=1S/C25H23NO5S/c1-17(25(28)26-20-12-13-21-22(14-20)30-16-29-21)31-23(27)15-32-24(18-8-4-2-5-9-18)19-10-6-3-7-11-19/h2-14,17,24H,15-16H2,1H3,(H,26,28)/t17-/m0/s1. The summed E-state index contributed by atoms with van der Waals surface area (Å²) in [7, 11) is 0. The van der Waals surface area contributed by atoms with Crippen LogP contribution in [0.2, 0.25) is 0 Å². The van der Waals surface area contributed by atoms with E-state index in [1.165, 1.54) is 11.8 Å². The summed E-state index contributed by atoms with van der Waals surface area (Å²) in [6.45, 7) is 1.71. The molecule has 7 heteroatoms. The van der Waals surface area contributed by atoms with Gasteiger partial charge < -0.3 is 19.5 Å². The van der Waals surface area contributed by atoms with E-state index in [-0.39, 0.29) is 17.8 Å². The number of carbonyl (C=O) groups is 2. The molecule has 0 saturated carbocycles. The lowest BCUT2D eigenvalue weighted by molar-refractivity contribution is -0.150. The van der Waals surface area contributed by atoms with Gasteiger partial charge in [-0.05, 0) is 30.2 Å². The van der Waals surface area contributed by atoms with Gasteiger partial charge >= 0.3 is 5.97 Å². The van der Waals surface area contributed by atoms with Crippen LogP contribution in [0.15, 0.2) is 78.9 Å². The van der Waals surface area contributed by atoms with Crippen molar-refractivity contribution in [3.8, 4) is 11.5 Å². The number of rotatable bonds is 8. The molecule has 1 atom stereocenters. The van der Waals surface area contributed by atoms with Crippen LogP contribution >= 0.6 is 11.8 Å². The summed E-state index contributed by atoms with van der Waals surface area (Å²) in [5.41, 5.74) is 2.75. The summed E-state index contributed by atoms with van der Waals surface area (Å²) in [6, 6.07) is 25.1. The van der Waals surface area contributed by atoms with Gasteiger partial charge in [-0.3, -0.25) is 9.59 Å². The van der Waals surface area contributed by atoms with E-state index in [0.29, 0.717) is 17.2 Å². The minimum absolute atomic E-state index is 0.0114. The number of nitrogens with one attached hydrogen (secondary N) is 1. The molecule has 0 unspecified atom stereocenters. The topological polar surface area (TPSA) is 73.9 Å². The van der Waals surface area contributed by atoms with Crippen molar-refractivity contribution in [1.29, 1.82) is 0 Å². The first-order valence-electron chi connectivity index (χ1n) is 10.2. The minimum atomic E-state index is -0.930. The Bertz CT molecular complexity index is 1030. The summed E-state index contributed by atoms with van der Waals surface area (Å²) in [6.07, 6.45) is -0.930. The number of ether oxygens (including phenoxy) is 3. The molecule has 32 heavy (non-hydrogen) atoms. The molecule has 1 aliphatic rings. The molecule has 0 bridgehead atoms. The van der Waals surface area contributed by atoms with Gasteiger partial charge in [-0.1, -0.05) is 60.7 Å². The molecule has 1 amide bonds. The Labute approximate surface area is 190 Å². The highest BCUT2D eigenvalue weighted by Gasteiger charge is 2.22. The molecule has 1 heterocycles. The quantitative estimate of drug-likeness (QED) is 0.498. The van der Waals surface area contributed by atoms with Crippen molar-refractivity contribution in [2.24, 2.45) is 0 Å². The molecule has 1 aliphatic heterocycles. The molecule has 0 radical (unpaired) electrons. The third-order valence-corrected chi connectivity index (χ3v) is 6.17. The zero-order valence-electron chi connectivity index (χ0n) is 17.5. The van der Waals surface area contributed by atoms with Crippen molar-refractivity contribution < 1.29 is 23.8 Å². The van der Waals surface area contributed by atoms with Crippen molar-refractivity contribution >= 4 is 29.3 Å². The van der Waals surface area contributed by atoms with Crippen LogP contribution in [0.3, 0.4) is 0 Å². The highest BCUT2D eigenvalue weighted by molar-refractivity contribution is 8.00. The number of carbonyl (C=O) groups excluding carboxylic acids is 2. The van der Waals surface area contributed by atoms with Gasteiger partial charge in [-0.25, -0.2) is 0 Å². The molecule has 164 valence electrons. The van der Waals surface area contributed by atoms with E-state index in [0.717, 1.165) is 11.1 Å². The maximum atomic E-state index is 12.5. The molecular weight excluding hydrogens is 426 g/mol. The van der Waals surface area contributed by atoms with Crippen molar-refractivity contribution in [2.75, 3.05) is 17.9 Å². The first kappa shape index (κ1) is 21.8. The fourth-order valence-electron chi connectivity index (χ4n) is 3.29. The summed E-state index contributed by atoms with van der Waals surface area (Å²) in [4.78, 5) is 24.9. The largest absolute Gasteiger partial charge is 0.454 e. The molecule has 0 saturated heterocycles. The van der Waals surface area contributed by atoms with E-state index in [4.69, 9.17) is 14.2 Å². The molecule has 0 aromatic heterocycles. The average molecular weight is 450 g/mol. The van der Waals surface area contributed by atoms with Gasteiger partial charge in [-0.15, -0.1) is 11.8 Å². The summed E-state index contributed by atoms with van der Waals surface area (Å²) >= 11 is 1.47. The first-order valence-corrected chi connectivity index (χ1v) is 11.3. The van der Waals surface area contributed by atoms with Crippen LogP contribution in [0.5, 0.6) is 11.5 Å². The van der Waals surface area contributed by atoms with Crippen molar-refractivity contribution in [1.82, 2.24) is 0 Å². The van der Waals surface area contributed by atoms with E-state index >= 15 is 0 Å². The van der Waals surface area contributed by atoms with Crippen molar-refractivity contribution in [2.45, 2.75) is 18.3 Å². The van der Waals surface area contributed by atoms with Crippen molar-refractivity contribution in [3.63, 3.8) is 0 Å². The molecule has 1 N–H and O–H groups in total. The van der Waals surface area contributed by atoms with Gasteiger partial charge in [0, 0.05) is 11.8 Å². The molecule has 4 rings (SSSR count). The Hall–Kier alpha value is -3.45. The normalized spacial score (nSPS) is 12.9. The molecule has 6 nitrogen and oxygen atoms in total. The Morgan fingerprint density at radius 1 is 0.938 bits per heavy atom. The zero-order chi connectivity index (χ0) is 22.3. The van der Waals surface area contributed by atoms with Gasteiger partial charge in [-0.2, -0.15) is 0 Å². The Kier molecular flexibility index (Phi) is 6.97. The average Bonchev–Trinajstić information content (AvgIpc) is 3.28. The Morgan fingerprint density at radius 2 is 1.56 bits per heavy atom. The Balaban J connectivity index is 1.33. The van der Waals surface area contributed by atoms with E-state index in [1.807, 2.05) is 60.7 Å². The van der Waals surface area contributed by atoms with E-state index in [2.05, 4.69) is 5.32 Å². The predicted octanol–water partition coefficient (Wildman–Crippen LogP) is 4.81. The van der Waals surface area contributed by atoms with Crippen LogP contribution < -0.4 is 14.8 Å². The Morgan fingerprint density at radius 3 is 2.22 bits per heavy atom. The number of esters is 1. The molecule has 3 aromatic rings. The maximum absolute atomic E-state index is 12.5. The number of benzene rings is 3. The fourth-order valence-corrected chi connectivity index (χ4v) is 4.36. The fraction of sp³-hybridized carbons (Fsp3) is 0.200. The summed E-state index contributed by atoms with van der Waals surface area (Å²) < 4.78 is 15.9. The lowest BCUT2D eigenvalue weighted by Crippen LogP contribution is -2.30. The minimum Gasteiger partial charge on any atom is -0.454 e. The van der Waals surface area contributed by atoms with E-state index in [1.54, 1.807) is 25.1 Å². The monoisotopic (exact) mass is 449 g/mol. The van der Waals surface area contributed by atoms with E-state index in [9.17, 15) is 9.59 Å². The lowest BCUT2D eigenvalue weighted by Gasteiger charge is -2.18. The zero-order valence-corrected chi connectivity index (χ0v) is 18.3. The highest BCUT2D eigenvalue weighted by atomic mass is 32.2. The lowest BCUT2D eigenvalue weighted by atomic mass is 10.0. The number of anilines is 1. The second-order valence-corrected chi connectivity index (χ2v) is 8.30. The smallest absolute Gasteiger partial charge is 0.316 e. The van der Waals surface area contributed by atoms with Gasteiger partial charge in [0.05, 0.1) is 11.0 Å². The molecule has 0 spiro atoms. The molecule has 3 aromatic carbocycles. The number of amides is 1. The van der Waals surface area contributed by atoms with Crippen LogP contribution in [0.4, 0.5) is 5.69 Å². The van der Waals surface area contributed by atoms with Gasteiger partial charge in [0.2, 0.25) is 6.79 Å². The maximum Gasteiger partial charge on any atom is 0.316 e. The number of thioether (sulfide) groups is 1. The predicted molar refractivity (Wildman–Crippen MR) is 124 cm³/mol. The molecule has 0 fully saturated rings. The molecular formula is C25H23NO5S. The van der Waals surface area contributed by atoms with Crippen LogP contribution in [0.25, 0.3) is 0 Å². The molecule has 0 aliphatic carbocycles. The van der Waals surface area contributed by atoms with E-state index < -0.39 is 18.0 Å². The van der Waals surface area contributed by atoms with Crippen molar-refractivity contribution in [3.05, 3.63) is 90.0 Å². The van der Waals surface area contributed by atoms with Crippen LogP contribution in [0, 0.1) is 0 Å². The SMILES string of the molecule is C[C@H](OC(=O)CSC(c1ccccc1)c1ccccc1)C(=O)Nc1ccc2c(c1)OCO2. The van der Waals surface area contributed by atoms with Gasteiger partial charge in [0.25, 0.3) is 5.91 Å². The van der Waals surface area contributed by atoms with Crippen LogP contribution in [-0.4, -0.2) is 30.5 Å². The number of hydrogen-bond donors (Lipinski definition) is 1. The third-order valence-electron chi connectivity index (χ3n) is 4.89. The van der Waals surface area contributed by atoms with Gasteiger partial charge in [0.15, 0.2) is 17.6 Å². The highest BCUT2D eigenvalue weighted by Crippen LogP contribution is 2.36. The first-order chi connectivity index (χ1) is 15.6. The second-order valence-electron chi connectivity index (χ2n) is 7.20. The third kappa shape index (κ3) is 5.42. The number of fused-ring (bicyclic) bond motifs is 1. The van der Waals surface area contributed by atoms with Crippen LogP contribution in [0.1, 0.15) is 23.3 Å². The van der Waals surface area contributed by atoms with Gasteiger partial charge in [0.1, 0.15) is 0 Å². The van der Waals surface area contributed by atoms with Crippen LogP contribution in [-0.2, 0) is 14.3 Å². The number of hydrogen-bond acceptors (Lipinski definition) is 6.